The summed E-state index contributed by atoms with van der Waals surface area (Å²) in [4.78, 5) is 4.55. The van der Waals surface area contributed by atoms with Gasteiger partial charge in [-0.2, -0.15) is 5.10 Å². The summed E-state index contributed by atoms with van der Waals surface area (Å²) in [6, 6.07) is 1.89. The van der Waals surface area contributed by atoms with Crippen LogP contribution < -0.4 is 0 Å². The molecule has 2 aromatic rings. The number of nitrogens with zero attached hydrogens (tertiary/aromatic N) is 3. The van der Waals surface area contributed by atoms with Gasteiger partial charge in [0.25, 0.3) is 0 Å². The monoisotopic (exact) mass is 207 g/mol. The van der Waals surface area contributed by atoms with Crippen molar-refractivity contribution in [2.75, 3.05) is 0 Å². The fourth-order valence-electron chi connectivity index (χ4n) is 2.03. The van der Waals surface area contributed by atoms with Crippen molar-refractivity contribution in [2.45, 2.75) is 25.7 Å². The second-order valence-corrected chi connectivity index (χ2v) is 3.99. The Kier molecular flexibility index (Phi) is 1.74. The summed E-state index contributed by atoms with van der Waals surface area (Å²) in [5, 5.41) is 4.89. The van der Waals surface area contributed by atoms with Crippen molar-refractivity contribution in [3.63, 3.8) is 0 Å². The Morgan fingerprint density at radius 2 is 2.14 bits per heavy atom. The summed E-state index contributed by atoms with van der Waals surface area (Å²) >= 11 is 6.26. The maximum absolute atomic E-state index is 6.26. The predicted molar refractivity (Wildman–Crippen MR) is 54.6 cm³/mol. The van der Waals surface area contributed by atoms with Gasteiger partial charge in [-0.15, -0.1) is 0 Å². The van der Waals surface area contributed by atoms with E-state index < -0.39 is 0 Å². The highest BCUT2D eigenvalue weighted by Crippen LogP contribution is 2.26. The fraction of sp³-hybridized carbons (Fsp3) is 0.400. The first kappa shape index (κ1) is 8.24. The van der Waals surface area contributed by atoms with Gasteiger partial charge in [-0.25, -0.2) is 9.50 Å². The van der Waals surface area contributed by atoms with Crippen molar-refractivity contribution in [1.29, 1.82) is 0 Å². The summed E-state index contributed by atoms with van der Waals surface area (Å²) in [7, 11) is 0. The molecule has 0 amide bonds. The Balaban J connectivity index is 2.36. The molecule has 14 heavy (non-hydrogen) atoms. The zero-order chi connectivity index (χ0) is 9.54. The average molecular weight is 208 g/mol. The van der Waals surface area contributed by atoms with Crippen molar-refractivity contribution in [2.24, 2.45) is 0 Å². The molecule has 1 aliphatic rings. The van der Waals surface area contributed by atoms with E-state index in [0.717, 1.165) is 29.3 Å². The molecule has 1 aliphatic carbocycles. The van der Waals surface area contributed by atoms with E-state index in [-0.39, 0.29) is 0 Å². The van der Waals surface area contributed by atoms with Gasteiger partial charge in [-0.05, 0) is 25.7 Å². The number of halogens is 1. The van der Waals surface area contributed by atoms with Gasteiger partial charge < -0.3 is 0 Å². The zero-order valence-corrected chi connectivity index (χ0v) is 8.46. The number of hydrogen-bond donors (Lipinski definition) is 0. The highest BCUT2D eigenvalue weighted by atomic mass is 35.5. The van der Waals surface area contributed by atoms with Crippen LogP contribution in [0.25, 0.3) is 5.65 Å². The molecule has 0 saturated carbocycles. The predicted octanol–water partition coefficient (Wildman–Crippen LogP) is 2.26. The fourth-order valence-corrected chi connectivity index (χ4v) is 2.37. The molecule has 0 fully saturated rings. The van der Waals surface area contributed by atoms with Gasteiger partial charge in [-0.3, -0.25) is 0 Å². The van der Waals surface area contributed by atoms with Gasteiger partial charge in [0.2, 0.25) is 0 Å². The van der Waals surface area contributed by atoms with Crippen molar-refractivity contribution >= 4 is 17.2 Å². The van der Waals surface area contributed by atoms with Gasteiger partial charge in [0.15, 0.2) is 5.65 Å². The highest BCUT2D eigenvalue weighted by Gasteiger charge is 2.17. The van der Waals surface area contributed by atoms with E-state index in [1.807, 2.05) is 6.07 Å². The number of fused-ring (bicyclic) bond motifs is 2. The molecule has 0 aromatic carbocycles. The second-order valence-electron chi connectivity index (χ2n) is 3.64. The van der Waals surface area contributed by atoms with Crippen LogP contribution in [0, 0.1) is 0 Å². The van der Waals surface area contributed by atoms with Crippen LogP contribution in [0.2, 0.25) is 5.15 Å². The Labute approximate surface area is 86.7 Å². The van der Waals surface area contributed by atoms with E-state index in [1.165, 1.54) is 18.4 Å². The molecule has 0 aliphatic heterocycles. The quantitative estimate of drug-likeness (QED) is 0.621. The zero-order valence-electron chi connectivity index (χ0n) is 7.70. The molecular weight excluding hydrogens is 198 g/mol. The Morgan fingerprint density at radius 3 is 3.07 bits per heavy atom. The summed E-state index contributed by atoms with van der Waals surface area (Å²) in [5.74, 6) is 0. The maximum atomic E-state index is 6.26. The number of aryl methyl sites for hydroxylation is 1. The molecule has 3 nitrogen and oxygen atoms in total. The largest absolute Gasteiger partial charge is 0.233 e. The molecule has 0 radical (unpaired) electrons. The van der Waals surface area contributed by atoms with Gasteiger partial charge in [0.1, 0.15) is 5.15 Å². The van der Waals surface area contributed by atoms with Crippen molar-refractivity contribution in [3.8, 4) is 0 Å². The normalized spacial score (nSPS) is 15.8. The van der Waals surface area contributed by atoms with Crippen molar-refractivity contribution < 1.29 is 0 Å². The molecule has 0 unspecified atom stereocenters. The van der Waals surface area contributed by atoms with Gasteiger partial charge in [0, 0.05) is 17.3 Å². The minimum atomic E-state index is 0.745. The van der Waals surface area contributed by atoms with Crippen LogP contribution in [-0.4, -0.2) is 14.6 Å². The van der Waals surface area contributed by atoms with Crippen LogP contribution in [0.4, 0.5) is 0 Å². The van der Waals surface area contributed by atoms with Crippen LogP contribution in [0.1, 0.15) is 24.1 Å². The van der Waals surface area contributed by atoms with E-state index in [0.29, 0.717) is 0 Å². The lowest BCUT2D eigenvalue weighted by Gasteiger charge is -2.16. The first-order valence-electron chi connectivity index (χ1n) is 4.87. The van der Waals surface area contributed by atoms with Gasteiger partial charge in [0.05, 0.1) is 6.20 Å². The van der Waals surface area contributed by atoms with E-state index >= 15 is 0 Å². The lowest BCUT2D eigenvalue weighted by atomic mass is 9.97. The van der Waals surface area contributed by atoms with Gasteiger partial charge >= 0.3 is 0 Å². The van der Waals surface area contributed by atoms with Crippen LogP contribution in [-0.2, 0) is 12.8 Å². The standard InChI is InChI=1S/C10H10ClN3/c11-10-7-3-1-2-4-8(7)13-9-5-6-12-14(9)10/h5-6H,1-4H2. The van der Waals surface area contributed by atoms with Crippen LogP contribution in [0.3, 0.4) is 0 Å². The molecule has 72 valence electrons. The molecule has 0 bridgehead atoms. The van der Waals surface area contributed by atoms with E-state index in [4.69, 9.17) is 11.6 Å². The Morgan fingerprint density at radius 1 is 1.29 bits per heavy atom. The minimum Gasteiger partial charge on any atom is -0.233 e. The summed E-state index contributed by atoms with van der Waals surface area (Å²) < 4.78 is 1.71. The average Bonchev–Trinajstić information content (AvgIpc) is 2.66. The van der Waals surface area contributed by atoms with E-state index in [2.05, 4.69) is 10.1 Å². The van der Waals surface area contributed by atoms with Crippen LogP contribution in [0.15, 0.2) is 12.3 Å². The third kappa shape index (κ3) is 1.05. The SMILES string of the molecule is Clc1c2c(nc3ccnn13)CCCC2. The number of rotatable bonds is 0. The Hall–Kier alpha value is -1.09. The van der Waals surface area contributed by atoms with Crippen LogP contribution >= 0.6 is 11.6 Å². The summed E-state index contributed by atoms with van der Waals surface area (Å²) in [6.45, 7) is 0. The molecule has 2 heterocycles. The third-order valence-corrected chi connectivity index (χ3v) is 3.13. The first-order valence-corrected chi connectivity index (χ1v) is 5.25. The maximum Gasteiger partial charge on any atom is 0.156 e. The van der Waals surface area contributed by atoms with Crippen LogP contribution in [0.5, 0.6) is 0 Å². The number of aromatic nitrogens is 3. The smallest absolute Gasteiger partial charge is 0.156 e. The molecule has 0 N–H and O–H groups in total. The van der Waals surface area contributed by atoms with Crippen molar-refractivity contribution in [1.82, 2.24) is 14.6 Å². The minimum absolute atomic E-state index is 0.745. The molecule has 4 heteroatoms. The molecule has 2 aromatic heterocycles. The topological polar surface area (TPSA) is 30.2 Å². The molecule has 0 spiro atoms. The molecular formula is C10H10ClN3. The first-order chi connectivity index (χ1) is 6.86. The van der Waals surface area contributed by atoms with E-state index in [1.54, 1.807) is 10.7 Å². The van der Waals surface area contributed by atoms with Crippen molar-refractivity contribution in [3.05, 3.63) is 28.7 Å². The third-order valence-electron chi connectivity index (χ3n) is 2.75. The molecule has 3 rings (SSSR count). The molecule has 0 atom stereocenters. The number of hydrogen-bond acceptors (Lipinski definition) is 2. The lowest BCUT2D eigenvalue weighted by Crippen LogP contribution is -2.09. The molecule has 0 saturated heterocycles. The second kappa shape index (κ2) is 2.95. The highest BCUT2D eigenvalue weighted by molar-refractivity contribution is 6.30. The summed E-state index contributed by atoms with van der Waals surface area (Å²) in [5.41, 5.74) is 3.21. The summed E-state index contributed by atoms with van der Waals surface area (Å²) in [6.07, 6.45) is 6.26. The lowest BCUT2D eigenvalue weighted by molar-refractivity contribution is 0.660. The van der Waals surface area contributed by atoms with E-state index in [9.17, 15) is 0 Å². The van der Waals surface area contributed by atoms with Gasteiger partial charge in [-0.1, -0.05) is 11.6 Å². The Bertz CT molecular complexity index is 489.